The van der Waals surface area contributed by atoms with Crippen LogP contribution in [-0.4, -0.2) is 15.1 Å². The van der Waals surface area contributed by atoms with Gasteiger partial charge in [0, 0.05) is 10.4 Å². The maximum atomic E-state index is 13.0. The van der Waals surface area contributed by atoms with E-state index in [1.165, 1.54) is 35.6 Å². The van der Waals surface area contributed by atoms with Crippen molar-refractivity contribution < 1.29 is 9.50 Å². The molecule has 0 radical (unpaired) electrons. The number of H-pyrrole nitrogens is 1. The van der Waals surface area contributed by atoms with Crippen molar-refractivity contribution in [3.05, 3.63) is 62.3 Å². The number of hydrogen-bond donors (Lipinski definition) is 2. The van der Waals surface area contributed by atoms with Crippen LogP contribution in [0.15, 0.2) is 29.1 Å². The predicted octanol–water partition coefficient (Wildman–Crippen LogP) is 3.69. The number of hydrogen-bond acceptors (Lipinski definition) is 5. The van der Waals surface area contributed by atoms with Crippen molar-refractivity contribution in [2.75, 3.05) is 0 Å². The Morgan fingerprint density at radius 2 is 2.00 bits per heavy atom. The highest BCUT2D eigenvalue weighted by Gasteiger charge is 2.17. The lowest BCUT2D eigenvalue weighted by molar-refractivity contribution is 0.513. The number of fused-ring (bicyclic) bond motifs is 1. The van der Waals surface area contributed by atoms with Crippen LogP contribution in [-0.2, 0) is 0 Å². The molecule has 3 aromatic rings. The predicted molar refractivity (Wildman–Crippen MR) is 91.2 cm³/mol. The van der Waals surface area contributed by atoms with E-state index in [0.29, 0.717) is 10.2 Å². The molecule has 0 amide bonds. The first-order valence-electron chi connectivity index (χ1n) is 7.02. The number of rotatable bonds is 2. The normalized spacial score (nSPS) is 12.1. The van der Waals surface area contributed by atoms with Crippen molar-refractivity contribution in [1.29, 1.82) is 5.26 Å². The van der Waals surface area contributed by atoms with E-state index in [0.717, 1.165) is 10.4 Å². The average Bonchev–Trinajstić information content (AvgIpc) is 2.83. The molecular formula is C17H12FN3O2S. The number of nitrogens with zero attached hydrogens (tertiary/aromatic N) is 2. The lowest BCUT2D eigenvalue weighted by Crippen LogP contribution is -2.11. The second kappa shape index (κ2) is 5.91. The third kappa shape index (κ3) is 2.57. The number of benzene rings is 1. The quantitative estimate of drug-likeness (QED) is 0.549. The molecule has 0 bridgehead atoms. The van der Waals surface area contributed by atoms with Crippen molar-refractivity contribution in [1.82, 2.24) is 9.97 Å². The Kier molecular flexibility index (Phi) is 3.91. The molecule has 0 aliphatic carbocycles. The first-order chi connectivity index (χ1) is 11.4. The van der Waals surface area contributed by atoms with Gasteiger partial charge in [-0.05, 0) is 43.7 Å². The Bertz CT molecular complexity index is 1070. The molecule has 2 aromatic heterocycles. The highest BCUT2D eigenvalue weighted by atomic mass is 32.1. The molecule has 3 rings (SSSR count). The van der Waals surface area contributed by atoms with E-state index >= 15 is 0 Å². The van der Waals surface area contributed by atoms with Crippen LogP contribution in [0.3, 0.4) is 0 Å². The van der Waals surface area contributed by atoms with Gasteiger partial charge in [-0.2, -0.15) is 5.26 Å². The number of aliphatic hydroxyl groups is 1. The highest BCUT2D eigenvalue weighted by molar-refractivity contribution is 7.18. The summed E-state index contributed by atoms with van der Waals surface area (Å²) >= 11 is 1.35. The number of thiophene rings is 1. The summed E-state index contributed by atoms with van der Waals surface area (Å²) in [6, 6.07) is 6.89. The van der Waals surface area contributed by atoms with E-state index in [9.17, 15) is 19.6 Å². The third-order valence-electron chi connectivity index (χ3n) is 3.74. The number of halogens is 1. The van der Waals surface area contributed by atoms with Gasteiger partial charge in [0.05, 0.1) is 5.39 Å². The van der Waals surface area contributed by atoms with E-state index < -0.39 is 5.82 Å². The van der Waals surface area contributed by atoms with Crippen molar-refractivity contribution in [3.63, 3.8) is 0 Å². The SMILES string of the molecule is Cc1sc2nc(C(C#N)=C(O)c3ccc(F)cc3)[nH]c(=O)c2c1C. The van der Waals surface area contributed by atoms with E-state index in [2.05, 4.69) is 9.97 Å². The molecule has 0 saturated heterocycles. The molecular weight excluding hydrogens is 329 g/mol. The maximum absolute atomic E-state index is 13.0. The fourth-order valence-electron chi connectivity index (χ4n) is 2.34. The van der Waals surface area contributed by atoms with Gasteiger partial charge in [0.2, 0.25) is 0 Å². The van der Waals surface area contributed by atoms with Crippen LogP contribution in [0.2, 0.25) is 0 Å². The topological polar surface area (TPSA) is 89.8 Å². The molecule has 0 unspecified atom stereocenters. The summed E-state index contributed by atoms with van der Waals surface area (Å²) in [4.78, 5) is 20.6. The minimum atomic E-state index is -0.456. The highest BCUT2D eigenvalue weighted by Crippen LogP contribution is 2.28. The second-order valence-corrected chi connectivity index (χ2v) is 6.42. The molecule has 2 N–H and O–H groups in total. The molecule has 2 heterocycles. The van der Waals surface area contributed by atoms with E-state index in [-0.39, 0.29) is 28.3 Å². The zero-order valence-corrected chi connectivity index (χ0v) is 13.7. The zero-order valence-electron chi connectivity index (χ0n) is 12.8. The van der Waals surface area contributed by atoms with Crippen LogP contribution < -0.4 is 5.56 Å². The van der Waals surface area contributed by atoms with Gasteiger partial charge < -0.3 is 10.1 Å². The van der Waals surface area contributed by atoms with Crippen molar-refractivity contribution in [3.8, 4) is 6.07 Å². The summed E-state index contributed by atoms with van der Waals surface area (Å²) in [6.07, 6.45) is 0. The summed E-state index contributed by atoms with van der Waals surface area (Å²) < 4.78 is 13.0. The van der Waals surface area contributed by atoms with Gasteiger partial charge in [-0.15, -0.1) is 11.3 Å². The molecule has 5 nitrogen and oxygen atoms in total. The Morgan fingerprint density at radius 3 is 2.62 bits per heavy atom. The molecule has 7 heteroatoms. The molecule has 24 heavy (non-hydrogen) atoms. The average molecular weight is 341 g/mol. The fourth-order valence-corrected chi connectivity index (χ4v) is 3.37. The molecule has 1 aromatic carbocycles. The Morgan fingerprint density at radius 1 is 1.33 bits per heavy atom. The smallest absolute Gasteiger partial charge is 0.260 e. The van der Waals surface area contributed by atoms with Crippen LogP contribution >= 0.6 is 11.3 Å². The van der Waals surface area contributed by atoms with E-state index in [1.54, 1.807) is 0 Å². The van der Waals surface area contributed by atoms with Crippen LogP contribution in [0.1, 0.15) is 21.8 Å². The fraction of sp³-hybridized carbons (Fsp3) is 0.118. The number of nitrogens with one attached hydrogen (secondary N) is 1. The molecule has 0 aliphatic rings. The van der Waals surface area contributed by atoms with Crippen LogP contribution in [0, 0.1) is 31.0 Å². The molecule has 0 spiro atoms. The maximum Gasteiger partial charge on any atom is 0.260 e. The number of allylic oxidation sites excluding steroid dienone is 1. The summed E-state index contributed by atoms with van der Waals surface area (Å²) in [5.74, 6) is -0.842. The molecule has 120 valence electrons. The molecule has 0 aliphatic heterocycles. The van der Waals surface area contributed by atoms with Gasteiger partial charge in [0.25, 0.3) is 5.56 Å². The van der Waals surface area contributed by atoms with Gasteiger partial charge in [-0.1, -0.05) is 0 Å². The van der Waals surface area contributed by atoms with E-state index in [1.807, 2.05) is 19.9 Å². The Labute approximate surface area is 140 Å². The lowest BCUT2D eigenvalue weighted by Gasteiger charge is -2.04. The number of aliphatic hydroxyl groups excluding tert-OH is 1. The summed E-state index contributed by atoms with van der Waals surface area (Å²) in [5.41, 5.74) is 0.565. The van der Waals surface area contributed by atoms with Crippen molar-refractivity contribution >= 4 is 32.9 Å². The number of nitriles is 1. The first-order valence-corrected chi connectivity index (χ1v) is 7.83. The van der Waals surface area contributed by atoms with E-state index in [4.69, 9.17) is 0 Å². The monoisotopic (exact) mass is 341 g/mol. The Hall–Kier alpha value is -2.98. The van der Waals surface area contributed by atoms with Crippen LogP contribution in [0.4, 0.5) is 4.39 Å². The number of aromatic nitrogens is 2. The largest absolute Gasteiger partial charge is 0.506 e. The van der Waals surface area contributed by atoms with Crippen molar-refractivity contribution in [2.45, 2.75) is 13.8 Å². The molecule has 0 atom stereocenters. The van der Waals surface area contributed by atoms with Gasteiger partial charge >= 0.3 is 0 Å². The summed E-state index contributed by atoms with van der Waals surface area (Å²) in [7, 11) is 0. The van der Waals surface area contributed by atoms with Crippen molar-refractivity contribution in [2.24, 2.45) is 0 Å². The summed E-state index contributed by atoms with van der Waals surface area (Å²) in [6.45, 7) is 3.72. The standard InChI is InChI=1S/C17H12FN3O2S/c1-8-9(2)24-17-13(8)16(23)20-15(21-17)12(7-19)14(22)10-3-5-11(18)6-4-10/h3-6,22H,1-2H3,(H,20,21,23). The zero-order chi connectivity index (χ0) is 17.4. The van der Waals surface area contributed by atoms with Gasteiger partial charge in [0.1, 0.15) is 28.0 Å². The number of aryl methyl sites for hydroxylation is 2. The van der Waals surface area contributed by atoms with Crippen LogP contribution in [0.5, 0.6) is 0 Å². The molecule has 0 saturated carbocycles. The minimum Gasteiger partial charge on any atom is -0.506 e. The summed E-state index contributed by atoms with van der Waals surface area (Å²) in [5, 5.41) is 20.2. The lowest BCUT2D eigenvalue weighted by atomic mass is 10.1. The first kappa shape index (κ1) is 15.9. The number of aromatic amines is 1. The Balaban J connectivity index is 2.23. The van der Waals surface area contributed by atoms with Crippen LogP contribution in [0.25, 0.3) is 21.5 Å². The minimum absolute atomic E-state index is 0.0157. The van der Waals surface area contributed by atoms with Gasteiger partial charge in [0.15, 0.2) is 5.82 Å². The third-order valence-corrected chi connectivity index (χ3v) is 4.84. The van der Waals surface area contributed by atoms with Gasteiger partial charge in [-0.25, -0.2) is 9.37 Å². The second-order valence-electron chi connectivity index (χ2n) is 5.22. The molecule has 0 fully saturated rings. The van der Waals surface area contributed by atoms with Gasteiger partial charge in [-0.3, -0.25) is 4.79 Å².